The maximum atomic E-state index is 4.80. The van der Waals surface area contributed by atoms with Crippen molar-refractivity contribution in [3.05, 3.63) is 121 Å². The summed E-state index contributed by atoms with van der Waals surface area (Å²) in [5, 5.41) is 5.95. The lowest BCUT2D eigenvalue weighted by atomic mass is 10.2. The molecule has 0 fully saturated rings. The van der Waals surface area contributed by atoms with Crippen LogP contribution in [0.1, 0.15) is 0 Å². The van der Waals surface area contributed by atoms with Crippen LogP contribution < -0.4 is 0 Å². The zero-order valence-corrected chi connectivity index (χ0v) is 16.2. The second kappa shape index (κ2) is 8.98. The summed E-state index contributed by atoms with van der Waals surface area (Å²) in [5.41, 5.74) is 2.21. The van der Waals surface area contributed by atoms with E-state index in [1.54, 1.807) is 11.3 Å². The first kappa shape index (κ1) is 18.0. The van der Waals surface area contributed by atoms with E-state index in [9.17, 15) is 0 Å². The van der Waals surface area contributed by atoms with Gasteiger partial charge in [0.2, 0.25) is 0 Å². The van der Waals surface area contributed by atoms with E-state index in [-0.39, 0.29) is 0 Å². The average molecular weight is 381 g/mol. The summed E-state index contributed by atoms with van der Waals surface area (Å²) in [6.45, 7) is 0. The number of thiophene rings is 1. The van der Waals surface area contributed by atoms with Crippen molar-refractivity contribution in [3.63, 3.8) is 0 Å². The Hall–Kier alpha value is -3.43. The van der Waals surface area contributed by atoms with Gasteiger partial charge in [0.25, 0.3) is 0 Å². The van der Waals surface area contributed by atoms with Crippen LogP contribution in [0, 0.1) is 0 Å². The van der Waals surface area contributed by atoms with Crippen LogP contribution in [-0.2, 0) is 0 Å². The molecule has 2 aromatic heterocycles. The van der Waals surface area contributed by atoms with Gasteiger partial charge in [-0.05, 0) is 23.8 Å². The highest BCUT2D eigenvalue weighted by molar-refractivity contribution is 7.21. The Bertz CT molecular complexity index is 1020. The predicted molar refractivity (Wildman–Crippen MR) is 120 cm³/mol. The maximum Gasteiger partial charge on any atom is 0.146 e. The van der Waals surface area contributed by atoms with E-state index in [2.05, 4.69) is 48.7 Å². The Morgan fingerprint density at radius 1 is 0.607 bits per heavy atom. The molecule has 0 atom stereocenters. The lowest BCUT2D eigenvalue weighted by Gasteiger charge is -1.98. The first-order valence-corrected chi connectivity index (χ1v) is 9.98. The van der Waals surface area contributed by atoms with Crippen LogP contribution >= 0.6 is 11.3 Å². The van der Waals surface area contributed by atoms with Gasteiger partial charge in [0.05, 0.1) is 5.69 Å². The molecule has 0 spiro atoms. The molecule has 3 heteroatoms. The largest absolute Gasteiger partial charge is 0.239 e. The Morgan fingerprint density at radius 3 is 1.64 bits per heavy atom. The molecule has 0 saturated heterocycles. The molecule has 4 rings (SSSR count). The van der Waals surface area contributed by atoms with Gasteiger partial charge in [0, 0.05) is 16.5 Å². The fourth-order valence-corrected chi connectivity index (χ4v) is 3.80. The Balaban J connectivity index is 1.74. The molecule has 0 saturated carbocycles. The third kappa shape index (κ3) is 4.45. The van der Waals surface area contributed by atoms with Crippen molar-refractivity contribution >= 4 is 21.6 Å². The van der Waals surface area contributed by atoms with Gasteiger partial charge in [-0.1, -0.05) is 97.1 Å². The molecule has 2 nitrogen and oxygen atoms in total. The molecule has 0 bridgehead atoms. The predicted octanol–water partition coefficient (Wildman–Crippen LogP) is 7.00. The monoisotopic (exact) mass is 380 g/mol. The minimum absolute atomic E-state index is 1.03. The summed E-state index contributed by atoms with van der Waals surface area (Å²) in [7, 11) is 0. The molecule has 0 aliphatic rings. The molecule has 28 heavy (non-hydrogen) atoms. The lowest BCUT2D eigenvalue weighted by Crippen LogP contribution is -1.91. The van der Waals surface area contributed by atoms with Gasteiger partial charge >= 0.3 is 0 Å². The fraction of sp³-hybridized carbons (Fsp3) is 0. The quantitative estimate of drug-likeness (QED) is 0.366. The van der Waals surface area contributed by atoms with E-state index in [1.165, 1.54) is 10.4 Å². The van der Waals surface area contributed by atoms with Gasteiger partial charge in [-0.25, -0.2) is 4.68 Å². The zero-order valence-electron chi connectivity index (χ0n) is 15.3. The number of rotatable bonds is 2. The van der Waals surface area contributed by atoms with Crippen LogP contribution in [0.4, 0.5) is 0 Å². The van der Waals surface area contributed by atoms with E-state index in [4.69, 9.17) is 5.10 Å². The molecular formula is C25H20N2S. The molecule has 2 aromatic carbocycles. The number of nitrogens with zero attached hydrogens (tertiary/aromatic N) is 2. The molecule has 0 N–H and O–H groups in total. The standard InChI is InChI=1S/C25H20N2S/c1-3-7-11-15-21(16-12-8-4-1)24-19-22-20-27(26-25(22)28-24)23-17-13-9-5-2-6-10-14-18-23/h1-20H. The van der Waals surface area contributed by atoms with E-state index in [0.29, 0.717) is 0 Å². The van der Waals surface area contributed by atoms with Gasteiger partial charge in [-0.3, -0.25) is 0 Å². The molecule has 0 unspecified atom stereocenters. The van der Waals surface area contributed by atoms with E-state index in [0.717, 1.165) is 15.9 Å². The van der Waals surface area contributed by atoms with Crippen LogP contribution in [0.3, 0.4) is 0 Å². The second-order valence-electron chi connectivity index (χ2n) is 6.19. The highest BCUT2D eigenvalue weighted by atomic mass is 32.1. The number of fused-ring (bicyclic) bond motifs is 1. The minimum Gasteiger partial charge on any atom is -0.239 e. The van der Waals surface area contributed by atoms with Gasteiger partial charge in [0.1, 0.15) is 4.83 Å². The van der Waals surface area contributed by atoms with Gasteiger partial charge in [-0.2, -0.15) is 5.10 Å². The highest BCUT2D eigenvalue weighted by Crippen LogP contribution is 2.32. The molecule has 0 aliphatic heterocycles. The number of aromatic nitrogens is 2. The Morgan fingerprint density at radius 2 is 1.11 bits per heavy atom. The topological polar surface area (TPSA) is 17.8 Å². The molecule has 0 amide bonds. The third-order valence-corrected chi connectivity index (χ3v) is 5.25. The van der Waals surface area contributed by atoms with Crippen molar-refractivity contribution in [2.75, 3.05) is 0 Å². The number of hydrogen-bond donors (Lipinski definition) is 0. The van der Waals surface area contributed by atoms with Crippen LogP contribution in [0.2, 0.25) is 0 Å². The molecule has 0 aliphatic carbocycles. The van der Waals surface area contributed by atoms with Gasteiger partial charge in [0.15, 0.2) is 0 Å². The van der Waals surface area contributed by atoms with E-state index >= 15 is 0 Å². The first-order valence-electron chi connectivity index (χ1n) is 9.17. The van der Waals surface area contributed by atoms with Gasteiger partial charge in [-0.15, -0.1) is 11.3 Å². The van der Waals surface area contributed by atoms with Crippen LogP contribution in [0.25, 0.3) is 26.3 Å². The molecular weight excluding hydrogens is 360 g/mol. The Kier molecular flexibility index (Phi) is 5.76. The van der Waals surface area contributed by atoms with Crippen molar-refractivity contribution in [2.24, 2.45) is 0 Å². The minimum atomic E-state index is 1.03. The summed E-state index contributed by atoms with van der Waals surface area (Å²) < 4.78 is 1.94. The lowest BCUT2D eigenvalue weighted by molar-refractivity contribution is 0.900. The van der Waals surface area contributed by atoms with Crippen LogP contribution in [-0.4, -0.2) is 9.78 Å². The maximum absolute atomic E-state index is 4.80. The zero-order chi connectivity index (χ0) is 19.0. The third-order valence-electron chi connectivity index (χ3n) is 4.17. The molecule has 136 valence electrons. The summed E-state index contributed by atoms with van der Waals surface area (Å²) in [6, 6.07) is 39.0. The van der Waals surface area contributed by atoms with Crippen LogP contribution in [0.5, 0.6) is 0 Å². The van der Waals surface area contributed by atoms with E-state index < -0.39 is 0 Å². The summed E-state index contributed by atoms with van der Waals surface area (Å²) in [4.78, 5) is 2.25. The fourth-order valence-electron chi connectivity index (χ4n) is 2.80. The normalized spacial score (nSPS) is 10.1. The second-order valence-corrected chi connectivity index (χ2v) is 7.22. The molecule has 4 aromatic rings. The Labute approximate surface area is 169 Å². The van der Waals surface area contributed by atoms with Crippen molar-refractivity contribution in [2.45, 2.75) is 0 Å². The van der Waals surface area contributed by atoms with Crippen molar-refractivity contribution in [1.29, 1.82) is 0 Å². The van der Waals surface area contributed by atoms with Gasteiger partial charge < -0.3 is 0 Å². The SMILES string of the molecule is c1ccccc(-c2cc3cn(-c4ccccccccc4)nc3s2)cccc1. The summed E-state index contributed by atoms with van der Waals surface area (Å²) >= 11 is 1.71. The smallest absolute Gasteiger partial charge is 0.146 e. The molecule has 0 radical (unpaired) electrons. The molecule has 2 heterocycles. The van der Waals surface area contributed by atoms with Crippen molar-refractivity contribution in [1.82, 2.24) is 9.78 Å². The summed E-state index contributed by atoms with van der Waals surface area (Å²) in [6.07, 6.45) is 2.09. The van der Waals surface area contributed by atoms with Crippen molar-refractivity contribution in [3.8, 4) is 16.1 Å². The summed E-state index contributed by atoms with van der Waals surface area (Å²) in [5.74, 6) is 0. The van der Waals surface area contributed by atoms with Crippen molar-refractivity contribution < 1.29 is 0 Å². The highest BCUT2D eigenvalue weighted by Gasteiger charge is 2.08. The van der Waals surface area contributed by atoms with Crippen LogP contribution in [0.15, 0.2) is 121 Å². The first-order chi connectivity index (χ1) is 13.9. The van der Waals surface area contributed by atoms with E-state index in [1.807, 2.05) is 77.5 Å². The number of hydrogen-bond acceptors (Lipinski definition) is 2. The average Bonchev–Trinajstić information content (AvgIpc) is 3.29.